The smallest absolute Gasteiger partial charge is 0.130 e. The number of anilines is 1. The third kappa shape index (κ3) is 3.08. The number of likely N-dealkylation sites (tertiary alicyclic amines) is 1. The van der Waals surface area contributed by atoms with Gasteiger partial charge < -0.3 is 10.0 Å². The van der Waals surface area contributed by atoms with Gasteiger partial charge in [0.25, 0.3) is 0 Å². The average Bonchev–Trinajstić information content (AvgIpc) is 3.16. The second-order valence-electron chi connectivity index (χ2n) is 7.09. The third-order valence-corrected chi connectivity index (χ3v) is 5.71. The number of para-hydroxylation sites is 1. The van der Waals surface area contributed by atoms with Crippen molar-refractivity contribution in [2.75, 3.05) is 31.1 Å². The van der Waals surface area contributed by atoms with Crippen LogP contribution in [0.4, 0.5) is 5.82 Å². The van der Waals surface area contributed by atoms with E-state index in [1.54, 1.807) is 0 Å². The number of fused-ring (bicyclic) bond motifs is 1. The van der Waals surface area contributed by atoms with Gasteiger partial charge in [-0.15, -0.1) is 0 Å². The maximum Gasteiger partial charge on any atom is 0.130 e. The molecule has 25 heavy (non-hydrogen) atoms. The van der Waals surface area contributed by atoms with Gasteiger partial charge >= 0.3 is 0 Å². The van der Waals surface area contributed by atoms with Crippen LogP contribution in [0.3, 0.4) is 0 Å². The summed E-state index contributed by atoms with van der Waals surface area (Å²) in [5, 5.41) is 20.0. The number of hydrogen-bond donors (Lipinski definition) is 1. The summed E-state index contributed by atoms with van der Waals surface area (Å²) >= 11 is 0. The Morgan fingerprint density at radius 1 is 1.16 bits per heavy atom. The molecule has 0 radical (unpaired) electrons. The first-order chi connectivity index (χ1) is 12.3. The van der Waals surface area contributed by atoms with Crippen molar-refractivity contribution in [2.45, 2.75) is 37.8 Å². The van der Waals surface area contributed by atoms with E-state index in [0.29, 0.717) is 17.6 Å². The van der Waals surface area contributed by atoms with Gasteiger partial charge in [0.15, 0.2) is 0 Å². The summed E-state index contributed by atoms with van der Waals surface area (Å²) < 4.78 is 0. The quantitative estimate of drug-likeness (QED) is 0.933. The topological polar surface area (TPSA) is 63.4 Å². The highest BCUT2D eigenvalue weighted by atomic mass is 16.3. The number of aliphatic hydroxyl groups excluding tert-OH is 1. The summed E-state index contributed by atoms with van der Waals surface area (Å²) in [7, 11) is 0. The third-order valence-electron chi connectivity index (χ3n) is 5.71. The molecular weight excluding hydrogens is 312 g/mol. The molecule has 0 spiro atoms. The van der Waals surface area contributed by atoms with Crippen LogP contribution in [0.2, 0.25) is 0 Å². The van der Waals surface area contributed by atoms with Crippen LogP contribution in [0.1, 0.15) is 31.2 Å². The Labute approximate surface area is 148 Å². The fourth-order valence-electron chi connectivity index (χ4n) is 4.38. The lowest BCUT2D eigenvalue weighted by molar-refractivity contribution is 0.105. The van der Waals surface area contributed by atoms with Crippen LogP contribution >= 0.6 is 0 Å². The van der Waals surface area contributed by atoms with Gasteiger partial charge in [-0.1, -0.05) is 18.2 Å². The van der Waals surface area contributed by atoms with E-state index in [9.17, 15) is 10.4 Å². The van der Waals surface area contributed by atoms with Crippen molar-refractivity contribution in [2.24, 2.45) is 0 Å². The van der Waals surface area contributed by atoms with Crippen molar-refractivity contribution in [3.05, 3.63) is 35.9 Å². The van der Waals surface area contributed by atoms with Crippen LogP contribution in [-0.4, -0.2) is 53.3 Å². The summed E-state index contributed by atoms with van der Waals surface area (Å²) in [6, 6.07) is 13.0. The van der Waals surface area contributed by atoms with Gasteiger partial charge in [-0.2, -0.15) is 5.26 Å². The number of piperidine rings is 1. The maximum atomic E-state index is 9.56. The molecule has 130 valence electrons. The van der Waals surface area contributed by atoms with E-state index in [0.717, 1.165) is 55.6 Å². The molecule has 3 heterocycles. The molecule has 0 bridgehead atoms. The van der Waals surface area contributed by atoms with E-state index in [1.165, 1.54) is 6.42 Å². The minimum atomic E-state index is 0.276. The fourth-order valence-corrected chi connectivity index (χ4v) is 4.38. The van der Waals surface area contributed by atoms with E-state index < -0.39 is 0 Å². The molecule has 2 aliphatic rings. The Bertz CT molecular complexity index is 792. The largest absolute Gasteiger partial charge is 0.395 e. The van der Waals surface area contributed by atoms with Crippen molar-refractivity contribution in [1.29, 1.82) is 5.26 Å². The Hall–Kier alpha value is -2.16. The first-order valence-corrected chi connectivity index (χ1v) is 9.21. The Kier molecular flexibility index (Phi) is 4.56. The van der Waals surface area contributed by atoms with Crippen molar-refractivity contribution in [1.82, 2.24) is 9.88 Å². The van der Waals surface area contributed by atoms with Crippen LogP contribution in [0.5, 0.6) is 0 Å². The molecule has 2 aliphatic heterocycles. The number of aliphatic hydroxyl groups is 1. The zero-order chi connectivity index (χ0) is 17.2. The second-order valence-corrected chi connectivity index (χ2v) is 7.09. The molecule has 1 aromatic heterocycles. The molecule has 1 N–H and O–H groups in total. The standard InChI is InChI=1S/C20H24N4O/c21-13-15-12-20(22-19-6-2-1-5-18(15)19)23-10-7-16(8-11-23)24-9-3-4-17(24)14-25/h1-2,5-6,12,16-17,25H,3-4,7-11,14H2. The lowest BCUT2D eigenvalue weighted by atomic mass is 10.0. The highest BCUT2D eigenvalue weighted by Crippen LogP contribution is 2.29. The van der Waals surface area contributed by atoms with E-state index in [1.807, 2.05) is 30.3 Å². The SMILES string of the molecule is N#Cc1cc(N2CCC(N3CCCC3CO)CC2)nc2ccccc12. The van der Waals surface area contributed by atoms with Crippen molar-refractivity contribution >= 4 is 16.7 Å². The summed E-state index contributed by atoms with van der Waals surface area (Å²) in [4.78, 5) is 9.59. The van der Waals surface area contributed by atoms with E-state index in [4.69, 9.17) is 4.98 Å². The molecule has 2 saturated heterocycles. The molecule has 5 nitrogen and oxygen atoms in total. The number of rotatable bonds is 3. The summed E-state index contributed by atoms with van der Waals surface area (Å²) in [5.74, 6) is 0.911. The lowest BCUT2D eigenvalue weighted by Crippen LogP contribution is -2.47. The van der Waals surface area contributed by atoms with Gasteiger partial charge in [-0.3, -0.25) is 4.90 Å². The van der Waals surface area contributed by atoms with Gasteiger partial charge in [0.2, 0.25) is 0 Å². The highest BCUT2D eigenvalue weighted by Gasteiger charge is 2.32. The van der Waals surface area contributed by atoms with Crippen LogP contribution in [0, 0.1) is 11.3 Å². The molecule has 1 aromatic carbocycles. The van der Waals surface area contributed by atoms with Crippen LogP contribution in [0.25, 0.3) is 10.9 Å². The monoisotopic (exact) mass is 336 g/mol. The molecule has 4 rings (SSSR count). The predicted octanol–water partition coefficient (Wildman–Crippen LogP) is 2.53. The van der Waals surface area contributed by atoms with Gasteiger partial charge in [0, 0.05) is 30.6 Å². The molecule has 1 unspecified atom stereocenters. The Balaban J connectivity index is 1.51. The summed E-state index contributed by atoms with van der Waals surface area (Å²) in [5.41, 5.74) is 1.58. The Morgan fingerprint density at radius 3 is 2.72 bits per heavy atom. The predicted molar refractivity (Wildman–Crippen MR) is 98.5 cm³/mol. The number of pyridine rings is 1. The van der Waals surface area contributed by atoms with Gasteiger partial charge in [-0.25, -0.2) is 4.98 Å². The second kappa shape index (κ2) is 6.99. The zero-order valence-corrected chi connectivity index (χ0v) is 14.4. The first kappa shape index (κ1) is 16.3. The van der Waals surface area contributed by atoms with Crippen molar-refractivity contribution in [3.8, 4) is 6.07 Å². The molecule has 2 aromatic rings. The molecule has 0 aliphatic carbocycles. The summed E-state index contributed by atoms with van der Waals surface area (Å²) in [6.07, 6.45) is 4.50. The van der Waals surface area contributed by atoms with Gasteiger partial charge in [0.05, 0.1) is 23.8 Å². The molecular formula is C20H24N4O. The maximum absolute atomic E-state index is 9.56. The molecule has 5 heteroatoms. The van der Waals surface area contributed by atoms with E-state index in [-0.39, 0.29) is 6.61 Å². The molecule has 2 fully saturated rings. The van der Waals surface area contributed by atoms with Crippen molar-refractivity contribution in [3.63, 3.8) is 0 Å². The highest BCUT2D eigenvalue weighted by molar-refractivity contribution is 5.86. The molecule has 0 saturated carbocycles. The lowest BCUT2D eigenvalue weighted by Gasteiger charge is -2.39. The number of benzene rings is 1. The zero-order valence-electron chi connectivity index (χ0n) is 14.4. The van der Waals surface area contributed by atoms with Crippen molar-refractivity contribution < 1.29 is 5.11 Å². The van der Waals surface area contributed by atoms with E-state index >= 15 is 0 Å². The molecule has 0 amide bonds. The average molecular weight is 336 g/mol. The van der Waals surface area contributed by atoms with E-state index in [2.05, 4.69) is 15.9 Å². The Morgan fingerprint density at radius 2 is 1.96 bits per heavy atom. The number of aromatic nitrogens is 1. The minimum Gasteiger partial charge on any atom is -0.395 e. The van der Waals surface area contributed by atoms with Gasteiger partial charge in [0.1, 0.15) is 5.82 Å². The van der Waals surface area contributed by atoms with Crippen LogP contribution in [-0.2, 0) is 0 Å². The number of hydrogen-bond acceptors (Lipinski definition) is 5. The van der Waals surface area contributed by atoms with Gasteiger partial charge in [-0.05, 0) is 44.4 Å². The molecule has 1 atom stereocenters. The fraction of sp³-hybridized carbons (Fsp3) is 0.500. The minimum absolute atomic E-state index is 0.276. The number of nitrogens with zero attached hydrogens (tertiary/aromatic N) is 4. The van der Waals surface area contributed by atoms with Crippen LogP contribution < -0.4 is 4.90 Å². The van der Waals surface area contributed by atoms with Crippen LogP contribution in [0.15, 0.2) is 30.3 Å². The first-order valence-electron chi connectivity index (χ1n) is 9.21. The normalized spacial score (nSPS) is 22.4. The summed E-state index contributed by atoms with van der Waals surface area (Å²) in [6.45, 7) is 3.30. The number of nitriles is 1.